The summed E-state index contributed by atoms with van der Waals surface area (Å²) in [6, 6.07) is -0.284. The summed E-state index contributed by atoms with van der Waals surface area (Å²) in [6.07, 6.45) is 2.42. The highest BCUT2D eigenvalue weighted by atomic mass is 19.3. The highest BCUT2D eigenvalue weighted by Crippen LogP contribution is 2.36. The smallest absolute Gasteiger partial charge is 0.280 e. The van der Waals surface area contributed by atoms with Crippen LogP contribution < -0.4 is 0 Å². The summed E-state index contributed by atoms with van der Waals surface area (Å²) >= 11 is 0. The average Bonchev–Trinajstić information content (AvgIpc) is 2.52. The van der Waals surface area contributed by atoms with Crippen LogP contribution in [0.15, 0.2) is 0 Å². The van der Waals surface area contributed by atoms with Gasteiger partial charge in [0.25, 0.3) is 5.92 Å². The highest BCUT2D eigenvalue weighted by molar-refractivity contribution is 5.80. The summed E-state index contributed by atoms with van der Waals surface area (Å²) in [4.78, 5) is 18.2. The van der Waals surface area contributed by atoms with Gasteiger partial charge in [-0.3, -0.25) is 14.6 Å². The van der Waals surface area contributed by atoms with E-state index in [2.05, 4.69) is 32.6 Å². The highest BCUT2D eigenvalue weighted by Gasteiger charge is 2.50. The molecule has 4 nitrogen and oxygen atoms in total. The third-order valence-corrected chi connectivity index (χ3v) is 6.82. The molecule has 150 valence electrons. The minimum absolute atomic E-state index is 0.0708. The number of likely N-dealkylation sites (tertiary alicyclic amines) is 3. The number of hydrogen-bond acceptors (Lipinski definition) is 3. The lowest BCUT2D eigenvalue weighted by Gasteiger charge is -2.48. The minimum Gasteiger partial charge on any atom is -0.336 e. The van der Waals surface area contributed by atoms with E-state index < -0.39 is 18.5 Å². The van der Waals surface area contributed by atoms with Crippen molar-refractivity contribution in [3.05, 3.63) is 0 Å². The number of carbonyl (C=O) groups excluding carboxylic acids is 1. The van der Waals surface area contributed by atoms with Crippen LogP contribution in [0.5, 0.6) is 0 Å². The Hall–Kier alpha value is -0.750. The van der Waals surface area contributed by atoms with Gasteiger partial charge in [0, 0.05) is 25.7 Å². The Balaban J connectivity index is 1.53. The fourth-order valence-corrected chi connectivity index (χ4v) is 4.81. The first-order valence-corrected chi connectivity index (χ1v) is 10.3. The van der Waals surface area contributed by atoms with Crippen LogP contribution in [0.4, 0.5) is 8.78 Å². The normalized spacial score (nSPS) is 29.4. The van der Waals surface area contributed by atoms with Crippen LogP contribution in [0, 0.1) is 17.8 Å². The second kappa shape index (κ2) is 7.70. The van der Waals surface area contributed by atoms with Gasteiger partial charge in [-0.05, 0) is 58.0 Å². The van der Waals surface area contributed by atoms with E-state index in [1.165, 1.54) is 4.90 Å². The Bertz CT molecular complexity index is 497. The lowest BCUT2D eigenvalue weighted by molar-refractivity contribution is -0.164. The summed E-state index contributed by atoms with van der Waals surface area (Å²) in [5.74, 6) is -1.68. The van der Waals surface area contributed by atoms with Crippen molar-refractivity contribution in [3.8, 4) is 0 Å². The molecule has 0 radical (unpaired) electrons. The monoisotopic (exact) mass is 371 g/mol. The molecule has 0 aliphatic carbocycles. The quantitative estimate of drug-likeness (QED) is 0.760. The van der Waals surface area contributed by atoms with Crippen molar-refractivity contribution in [2.45, 2.75) is 65.0 Å². The maximum Gasteiger partial charge on any atom is 0.280 e. The summed E-state index contributed by atoms with van der Waals surface area (Å²) in [5.41, 5.74) is 0. The predicted molar refractivity (Wildman–Crippen MR) is 99.3 cm³/mol. The molecule has 0 unspecified atom stereocenters. The van der Waals surface area contributed by atoms with Gasteiger partial charge in [0.05, 0.1) is 18.5 Å². The van der Waals surface area contributed by atoms with Gasteiger partial charge in [-0.1, -0.05) is 13.8 Å². The molecule has 26 heavy (non-hydrogen) atoms. The molecule has 3 fully saturated rings. The Labute approximate surface area is 156 Å². The average molecular weight is 372 g/mol. The van der Waals surface area contributed by atoms with Crippen molar-refractivity contribution < 1.29 is 13.6 Å². The minimum atomic E-state index is -2.81. The Morgan fingerprint density at radius 3 is 2.12 bits per heavy atom. The molecule has 1 atom stereocenters. The molecule has 3 saturated heterocycles. The number of hydrogen-bond donors (Lipinski definition) is 0. The molecule has 0 aromatic carbocycles. The molecule has 0 N–H and O–H groups in total. The molecule has 6 heteroatoms. The van der Waals surface area contributed by atoms with Crippen LogP contribution in [0.1, 0.15) is 47.0 Å². The van der Waals surface area contributed by atoms with Crippen LogP contribution in [-0.4, -0.2) is 77.9 Å². The van der Waals surface area contributed by atoms with E-state index in [0.29, 0.717) is 43.9 Å². The number of nitrogens with zero attached hydrogens (tertiary/aromatic N) is 3. The van der Waals surface area contributed by atoms with Gasteiger partial charge >= 0.3 is 0 Å². The van der Waals surface area contributed by atoms with Gasteiger partial charge in [-0.25, -0.2) is 8.78 Å². The fourth-order valence-electron chi connectivity index (χ4n) is 4.81. The Morgan fingerprint density at radius 2 is 1.62 bits per heavy atom. The predicted octanol–water partition coefficient (Wildman–Crippen LogP) is 2.93. The van der Waals surface area contributed by atoms with Gasteiger partial charge in [0.1, 0.15) is 0 Å². The number of halogens is 2. The summed E-state index contributed by atoms with van der Waals surface area (Å²) < 4.78 is 29.7. The van der Waals surface area contributed by atoms with Gasteiger partial charge < -0.3 is 4.90 Å². The first-order valence-electron chi connectivity index (χ1n) is 10.3. The van der Waals surface area contributed by atoms with E-state index in [1.807, 2.05) is 4.90 Å². The number of carbonyl (C=O) groups is 1. The standard InChI is InChI=1S/C20H35F2N3O/c1-14(2)16-5-8-23(9-6-16)18-7-10-24(13-20(18,21)22)19(26)17-11-25(12-17)15(3)4/h14-18H,5-13H2,1-4H3/t18-/m0/s1. The Morgan fingerprint density at radius 1 is 1.00 bits per heavy atom. The lowest BCUT2D eigenvalue weighted by atomic mass is 9.85. The Kier molecular flexibility index (Phi) is 5.92. The summed E-state index contributed by atoms with van der Waals surface area (Å²) in [5, 5.41) is 0. The van der Waals surface area contributed by atoms with E-state index >= 15 is 0 Å². The molecule has 3 aliphatic rings. The van der Waals surface area contributed by atoms with Crippen LogP contribution in [0.3, 0.4) is 0 Å². The zero-order valence-electron chi connectivity index (χ0n) is 16.8. The fraction of sp³-hybridized carbons (Fsp3) is 0.950. The topological polar surface area (TPSA) is 26.8 Å². The summed E-state index contributed by atoms with van der Waals surface area (Å²) in [6.45, 7) is 11.7. The van der Waals surface area contributed by atoms with Crippen molar-refractivity contribution in [2.75, 3.05) is 39.3 Å². The number of piperidine rings is 2. The second-order valence-corrected chi connectivity index (χ2v) is 9.19. The van der Waals surface area contributed by atoms with E-state index in [-0.39, 0.29) is 11.8 Å². The first-order chi connectivity index (χ1) is 12.2. The SMILES string of the molecule is CC(C)C1CCN([C@H]2CCN(C(=O)C3CN(C(C)C)C3)CC2(F)F)CC1. The zero-order valence-corrected chi connectivity index (χ0v) is 16.8. The molecule has 3 aliphatic heterocycles. The molecule has 3 heterocycles. The van der Waals surface area contributed by atoms with Gasteiger partial charge in [0.2, 0.25) is 5.91 Å². The van der Waals surface area contributed by atoms with Gasteiger partial charge in [0.15, 0.2) is 0 Å². The van der Waals surface area contributed by atoms with Crippen molar-refractivity contribution in [2.24, 2.45) is 17.8 Å². The molecule has 0 spiro atoms. The third kappa shape index (κ3) is 4.06. The van der Waals surface area contributed by atoms with Crippen LogP contribution in [0.25, 0.3) is 0 Å². The molecular formula is C20H35F2N3O. The third-order valence-electron chi connectivity index (χ3n) is 6.82. The molecule has 1 amide bonds. The van der Waals surface area contributed by atoms with E-state index in [9.17, 15) is 13.6 Å². The van der Waals surface area contributed by atoms with Crippen molar-refractivity contribution in [1.29, 1.82) is 0 Å². The molecule has 0 saturated carbocycles. The van der Waals surface area contributed by atoms with Crippen molar-refractivity contribution in [1.82, 2.24) is 14.7 Å². The van der Waals surface area contributed by atoms with Crippen molar-refractivity contribution in [3.63, 3.8) is 0 Å². The maximum absolute atomic E-state index is 14.9. The molecule has 0 aromatic heterocycles. The zero-order chi connectivity index (χ0) is 19.1. The second-order valence-electron chi connectivity index (χ2n) is 9.19. The number of rotatable bonds is 4. The van der Waals surface area contributed by atoms with Crippen LogP contribution >= 0.6 is 0 Å². The van der Waals surface area contributed by atoms with Crippen LogP contribution in [0.2, 0.25) is 0 Å². The van der Waals surface area contributed by atoms with Crippen LogP contribution in [-0.2, 0) is 4.79 Å². The molecule has 3 rings (SSSR count). The van der Waals surface area contributed by atoms with E-state index in [1.54, 1.807) is 0 Å². The maximum atomic E-state index is 14.9. The molecule has 0 aromatic rings. The van der Waals surface area contributed by atoms with Crippen molar-refractivity contribution >= 4 is 5.91 Å². The van der Waals surface area contributed by atoms with E-state index in [0.717, 1.165) is 25.9 Å². The van der Waals surface area contributed by atoms with Gasteiger partial charge in [-0.15, -0.1) is 0 Å². The van der Waals surface area contributed by atoms with E-state index in [4.69, 9.17) is 0 Å². The largest absolute Gasteiger partial charge is 0.336 e. The first kappa shape index (κ1) is 20.0. The molecular weight excluding hydrogens is 336 g/mol. The lowest BCUT2D eigenvalue weighted by Crippen LogP contribution is -2.63. The molecule has 0 bridgehead atoms. The summed E-state index contributed by atoms with van der Waals surface area (Å²) in [7, 11) is 0. The number of amides is 1. The van der Waals surface area contributed by atoms with Gasteiger partial charge in [-0.2, -0.15) is 0 Å². The number of alkyl halides is 2.